The molecule has 6 heteroatoms. The summed E-state index contributed by atoms with van der Waals surface area (Å²) in [6.45, 7) is 4.36. The lowest BCUT2D eigenvalue weighted by Gasteiger charge is -2.09. The third-order valence-corrected chi connectivity index (χ3v) is 5.60. The number of ketones is 1. The van der Waals surface area contributed by atoms with Crippen LogP contribution < -0.4 is 5.32 Å². The van der Waals surface area contributed by atoms with Crippen LogP contribution in [0.15, 0.2) is 78.9 Å². The average Bonchev–Trinajstić information content (AvgIpc) is 3.13. The first-order chi connectivity index (χ1) is 15.4. The minimum atomic E-state index is -0.386. The second-order valence-electron chi connectivity index (χ2n) is 7.61. The first kappa shape index (κ1) is 21.5. The summed E-state index contributed by atoms with van der Waals surface area (Å²) in [5.41, 5.74) is 4.07. The number of aryl methyl sites for hydroxylation is 2. The number of amides is 1. The molecule has 1 aromatic heterocycles. The van der Waals surface area contributed by atoms with E-state index in [4.69, 9.17) is 11.6 Å². The maximum Gasteiger partial charge on any atom is 0.257 e. The van der Waals surface area contributed by atoms with E-state index in [0.29, 0.717) is 34.1 Å². The van der Waals surface area contributed by atoms with Gasteiger partial charge in [-0.25, -0.2) is 0 Å². The summed E-state index contributed by atoms with van der Waals surface area (Å²) in [6.07, 6.45) is 0. The number of carbonyl (C=O) groups excluding carboxylic acids is 2. The SMILES string of the molecule is Cc1ccc(C(=O)c2ccccc2C(=O)Nc2cc(C)n(Cc3ccccc3Cl)n2)cc1. The van der Waals surface area contributed by atoms with Crippen LogP contribution in [0.25, 0.3) is 0 Å². The highest BCUT2D eigenvalue weighted by Gasteiger charge is 2.19. The fourth-order valence-corrected chi connectivity index (χ4v) is 3.64. The van der Waals surface area contributed by atoms with Crippen molar-refractivity contribution in [3.8, 4) is 0 Å². The molecule has 4 rings (SSSR count). The van der Waals surface area contributed by atoms with Crippen LogP contribution in [-0.2, 0) is 6.54 Å². The van der Waals surface area contributed by atoms with Gasteiger partial charge in [0.25, 0.3) is 5.91 Å². The minimum Gasteiger partial charge on any atom is -0.305 e. The molecule has 0 aliphatic carbocycles. The van der Waals surface area contributed by atoms with E-state index < -0.39 is 0 Å². The standard InChI is InChI=1S/C26H22ClN3O2/c1-17-11-13-19(14-12-17)25(31)21-8-4-5-9-22(21)26(32)28-24-15-18(2)30(29-24)16-20-7-3-6-10-23(20)27/h3-15H,16H2,1-2H3,(H,28,29,32). The van der Waals surface area contributed by atoms with E-state index >= 15 is 0 Å². The number of benzene rings is 3. The topological polar surface area (TPSA) is 64.0 Å². The summed E-state index contributed by atoms with van der Waals surface area (Å²) < 4.78 is 1.78. The molecule has 0 saturated carbocycles. The van der Waals surface area contributed by atoms with E-state index in [0.717, 1.165) is 16.8 Å². The number of rotatable bonds is 6. The van der Waals surface area contributed by atoms with Crippen molar-refractivity contribution in [1.82, 2.24) is 9.78 Å². The Morgan fingerprint density at radius 3 is 2.28 bits per heavy atom. The van der Waals surface area contributed by atoms with Gasteiger partial charge in [0.05, 0.1) is 12.1 Å². The van der Waals surface area contributed by atoms with E-state index in [1.54, 1.807) is 47.1 Å². The molecule has 0 radical (unpaired) electrons. The van der Waals surface area contributed by atoms with Gasteiger partial charge in [0.2, 0.25) is 0 Å². The van der Waals surface area contributed by atoms with Gasteiger partial charge in [0.15, 0.2) is 11.6 Å². The van der Waals surface area contributed by atoms with Crippen LogP contribution in [0.1, 0.15) is 43.1 Å². The summed E-state index contributed by atoms with van der Waals surface area (Å²) in [5, 5.41) is 7.98. The molecule has 0 aliphatic rings. The summed E-state index contributed by atoms with van der Waals surface area (Å²) in [4.78, 5) is 26.0. The zero-order valence-corrected chi connectivity index (χ0v) is 18.6. The van der Waals surface area contributed by atoms with Crippen molar-refractivity contribution >= 4 is 29.1 Å². The van der Waals surface area contributed by atoms with Crippen molar-refractivity contribution < 1.29 is 9.59 Å². The first-order valence-corrected chi connectivity index (χ1v) is 10.6. The molecular weight excluding hydrogens is 422 g/mol. The molecular formula is C26H22ClN3O2. The van der Waals surface area contributed by atoms with E-state index in [9.17, 15) is 9.59 Å². The van der Waals surface area contributed by atoms with Gasteiger partial charge in [-0.1, -0.05) is 77.8 Å². The molecule has 1 heterocycles. The number of aromatic nitrogens is 2. The van der Waals surface area contributed by atoms with Gasteiger partial charge < -0.3 is 5.32 Å². The molecule has 0 spiro atoms. The molecule has 0 saturated heterocycles. The molecule has 0 unspecified atom stereocenters. The van der Waals surface area contributed by atoms with Crippen LogP contribution in [-0.4, -0.2) is 21.5 Å². The minimum absolute atomic E-state index is 0.198. The molecule has 0 atom stereocenters. The van der Waals surface area contributed by atoms with E-state index in [2.05, 4.69) is 10.4 Å². The van der Waals surface area contributed by atoms with Crippen molar-refractivity contribution in [3.63, 3.8) is 0 Å². The van der Waals surface area contributed by atoms with Gasteiger partial charge in [-0.2, -0.15) is 5.10 Å². The Balaban J connectivity index is 1.56. The fourth-order valence-electron chi connectivity index (χ4n) is 3.44. The summed E-state index contributed by atoms with van der Waals surface area (Å²) in [7, 11) is 0. The number of carbonyl (C=O) groups is 2. The average molecular weight is 444 g/mol. The summed E-state index contributed by atoms with van der Waals surface area (Å²) >= 11 is 6.26. The number of nitrogens with one attached hydrogen (secondary N) is 1. The normalized spacial score (nSPS) is 10.7. The van der Waals surface area contributed by atoms with Crippen LogP contribution in [0.2, 0.25) is 5.02 Å². The number of hydrogen-bond acceptors (Lipinski definition) is 3. The number of hydrogen-bond donors (Lipinski definition) is 1. The summed E-state index contributed by atoms with van der Waals surface area (Å²) in [5.74, 6) is -0.170. The lowest BCUT2D eigenvalue weighted by Crippen LogP contribution is -2.17. The maximum atomic E-state index is 13.0. The van der Waals surface area contributed by atoms with Gasteiger partial charge in [-0.05, 0) is 31.5 Å². The zero-order chi connectivity index (χ0) is 22.7. The molecule has 4 aromatic rings. The largest absolute Gasteiger partial charge is 0.305 e. The van der Waals surface area contributed by atoms with Crippen molar-refractivity contribution in [2.75, 3.05) is 5.32 Å². The molecule has 0 aliphatic heterocycles. The van der Waals surface area contributed by atoms with Crippen molar-refractivity contribution in [2.45, 2.75) is 20.4 Å². The van der Waals surface area contributed by atoms with Crippen LogP contribution in [0.3, 0.4) is 0 Å². The van der Waals surface area contributed by atoms with Crippen LogP contribution in [0.5, 0.6) is 0 Å². The summed E-state index contributed by atoms with van der Waals surface area (Å²) in [6, 6.07) is 23.5. The highest BCUT2D eigenvalue weighted by atomic mass is 35.5. The van der Waals surface area contributed by atoms with Crippen molar-refractivity contribution in [1.29, 1.82) is 0 Å². The Kier molecular flexibility index (Phi) is 6.19. The van der Waals surface area contributed by atoms with E-state index in [1.165, 1.54) is 0 Å². The third-order valence-electron chi connectivity index (χ3n) is 5.23. The van der Waals surface area contributed by atoms with Gasteiger partial charge >= 0.3 is 0 Å². The van der Waals surface area contributed by atoms with Crippen molar-refractivity contribution in [3.05, 3.63) is 117 Å². The van der Waals surface area contributed by atoms with Crippen LogP contribution in [0.4, 0.5) is 5.82 Å². The van der Waals surface area contributed by atoms with E-state index in [1.807, 2.05) is 50.2 Å². The fraction of sp³-hybridized carbons (Fsp3) is 0.115. The predicted molar refractivity (Wildman–Crippen MR) is 127 cm³/mol. The molecule has 1 amide bonds. The Labute approximate surface area is 191 Å². The molecule has 32 heavy (non-hydrogen) atoms. The first-order valence-electron chi connectivity index (χ1n) is 10.2. The lowest BCUT2D eigenvalue weighted by molar-refractivity contribution is 0.0996. The molecule has 1 N–H and O–H groups in total. The molecule has 160 valence electrons. The lowest BCUT2D eigenvalue weighted by atomic mass is 9.97. The number of anilines is 1. The van der Waals surface area contributed by atoms with Crippen LogP contribution >= 0.6 is 11.6 Å². The quantitative estimate of drug-likeness (QED) is 0.389. The van der Waals surface area contributed by atoms with Crippen LogP contribution in [0, 0.1) is 13.8 Å². The zero-order valence-electron chi connectivity index (χ0n) is 17.8. The second-order valence-corrected chi connectivity index (χ2v) is 8.02. The Morgan fingerprint density at radius 1 is 0.906 bits per heavy atom. The third kappa shape index (κ3) is 4.63. The maximum absolute atomic E-state index is 13.0. The van der Waals surface area contributed by atoms with Gasteiger partial charge in [-0.3, -0.25) is 14.3 Å². The predicted octanol–water partition coefficient (Wildman–Crippen LogP) is 5.68. The van der Waals surface area contributed by atoms with Gasteiger partial charge in [-0.15, -0.1) is 0 Å². The Morgan fingerprint density at radius 2 is 1.56 bits per heavy atom. The van der Waals surface area contributed by atoms with Crippen molar-refractivity contribution in [2.24, 2.45) is 0 Å². The highest BCUT2D eigenvalue weighted by Crippen LogP contribution is 2.20. The Hall–Kier alpha value is -3.70. The molecule has 3 aromatic carbocycles. The number of nitrogens with zero attached hydrogens (tertiary/aromatic N) is 2. The molecule has 0 bridgehead atoms. The van der Waals surface area contributed by atoms with E-state index in [-0.39, 0.29) is 11.7 Å². The van der Waals surface area contributed by atoms with Gasteiger partial charge in [0.1, 0.15) is 0 Å². The smallest absolute Gasteiger partial charge is 0.257 e. The highest BCUT2D eigenvalue weighted by molar-refractivity contribution is 6.31. The monoisotopic (exact) mass is 443 g/mol. The molecule has 0 fully saturated rings. The Bertz CT molecular complexity index is 1290. The van der Waals surface area contributed by atoms with Gasteiger partial charge in [0, 0.05) is 27.9 Å². The second kappa shape index (κ2) is 9.20. The number of halogens is 1. The molecule has 5 nitrogen and oxygen atoms in total.